The number of anilines is 2. The standard InChI is InChI=1S/C11H19N5O/c1-7-5-16(4-3-9(7)17)11-8(2)10(15-12)13-6-14-11/h6-7,9,17H,3-5,12H2,1-2H3,(H,13,14,15). The first kappa shape index (κ1) is 12.1. The zero-order valence-electron chi connectivity index (χ0n) is 10.2. The monoisotopic (exact) mass is 237 g/mol. The van der Waals surface area contributed by atoms with Gasteiger partial charge in [0.05, 0.1) is 6.10 Å². The zero-order chi connectivity index (χ0) is 12.4. The maximum atomic E-state index is 9.72. The van der Waals surface area contributed by atoms with Gasteiger partial charge in [0.2, 0.25) is 0 Å². The van der Waals surface area contributed by atoms with E-state index >= 15 is 0 Å². The number of aliphatic hydroxyl groups excluding tert-OH is 1. The van der Waals surface area contributed by atoms with Crippen LogP contribution in [0.4, 0.5) is 11.6 Å². The number of hydrogen-bond acceptors (Lipinski definition) is 6. The number of aromatic nitrogens is 2. The SMILES string of the molecule is Cc1c(NN)ncnc1N1CCC(O)C(C)C1. The van der Waals surface area contributed by atoms with E-state index in [4.69, 9.17) is 5.84 Å². The molecule has 6 heteroatoms. The van der Waals surface area contributed by atoms with Crippen LogP contribution in [0.25, 0.3) is 0 Å². The molecule has 2 atom stereocenters. The molecule has 0 aromatic carbocycles. The van der Waals surface area contributed by atoms with Gasteiger partial charge in [-0.25, -0.2) is 15.8 Å². The van der Waals surface area contributed by atoms with Crippen molar-refractivity contribution in [3.8, 4) is 0 Å². The van der Waals surface area contributed by atoms with Crippen LogP contribution in [0.1, 0.15) is 18.9 Å². The normalized spacial score (nSPS) is 24.8. The third-order valence-corrected chi connectivity index (χ3v) is 3.35. The first-order valence-electron chi connectivity index (χ1n) is 5.84. The second kappa shape index (κ2) is 4.85. The van der Waals surface area contributed by atoms with Gasteiger partial charge in [0.15, 0.2) is 0 Å². The summed E-state index contributed by atoms with van der Waals surface area (Å²) in [5.74, 6) is 7.20. The molecule has 0 aliphatic carbocycles. The van der Waals surface area contributed by atoms with Crippen LogP contribution in [0.2, 0.25) is 0 Å². The Morgan fingerprint density at radius 2 is 2.29 bits per heavy atom. The lowest BCUT2D eigenvalue weighted by atomic mass is 9.96. The summed E-state index contributed by atoms with van der Waals surface area (Å²) in [4.78, 5) is 10.5. The van der Waals surface area contributed by atoms with Crippen LogP contribution in [-0.2, 0) is 0 Å². The second-order valence-electron chi connectivity index (χ2n) is 4.59. The lowest BCUT2D eigenvalue weighted by Crippen LogP contribution is -2.42. The number of nitrogens with one attached hydrogen (secondary N) is 1. The van der Waals surface area contributed by atoms with Crippen molar-refractivity contribution in [1.82, 2.24) is 9.97 Å². The summed E-state index contributed by atoms with van der Waals surface area (Å²) in [6.45, 7) is 5.62. The topological polar surface area (TPSA) is 87.3 Å². The lowest BCUT2D eigenvalue weighted by Gasteiger charge is -2.35. The number of piperidine rings is 1. The van der Waals surface area contributed by atoms with Gasteiger partial charge in [-0.15, -0.1) is 0 Å². The molecule has 1 aliphatic heterocycles. The van der Waals surface area contributed by atoms with Gasteiger partial charge >= 0.3 is 0 Å². The Labute approximate surface area is 101 Å². The van der Waals surface area contributed by atoms with Crippen molar-refractivity contribution in [3.05, 3.63) is 11.9 Å². The van der Waals surface area contributed by atoms with Gasteiger partial charge < -0.3 is 15.4 Å². The van der Waals surface area contributed by atoms with E-state index in [0.717, 1.165) is 30.9 Å². The van der Waals surface area contributed by atoms with E-state index in [1.807, 2.05) is 6.92 Å². The maximum absolute atomic E-state index is 9.72. The predicted molar refractivity (Wildman–Crippen MR) is 66.6 cm³/mol. The van der Waals surface area contributed by atoms with Crippen LogP contribution in [0.5, 0.6) is 0 Å². The Kier molecular flexibility index (Phi) is 3.44. The minimum atomic E-state index is -0.208. The molecule has 0 radical (unpaired) electrons. The van der Waals surface area contributed by atoms with Gasteiger partial charge in [-0.3, -0.25) is 0 Å². The molecule has 1 aromatic rings. The molecule has 2 unspecified atom stereocenters. The van der Waals surface area contributed by atoms with E-state index in [0.29, 0.717) is 5.82 Å². The molecule has 6 nitrogen and oxygen atoms in total. The van der Waals surface area contributed by atoms with Gasteiger partial charge in [0.1, 0.15) is 18.0 Å². The molecular weight excluding hydrogens is 218 g/mol. The van der Waals surface area contributed by atoms with E-state index in [9.17, 15) is 5.11 Å². The molecular formula is C11H19N5O. The zero-order valence-corrected chi connectivity index (χ0v) is 10.2. The van der Waals surface area contributed by atoms with Crippen LogP contribution in [0.3, 0.4) is 0 Å². The van der Waals surface area contributed by atoms with E-state index in [2.05, 4.69) is 27.2 Å². The van der Waals surface area contributed by atoms with Gasteiger partial charge in [0.25, 0.3) is 0 Å². The molecule has 0 spiro atoms. The summed E-state index contributed by atoms with van der Waals surface area (Å²) in [5, 5.41) is 9.72. The summed E-state index contributed by atoms with van der Waals surface area (Å²) in [5.41, 5.74) is 3.51. The van der Waals surface area contributed by atoms with Crippen molar-refractivity contribution < 1.29 is 5.11 Å². The van der Waals surface area contributed by atoms with Crippen molar-refractivity contribution in [2.45, 2.75) is 26.4 Å². The Morgan fingerprint density at radius 1 is 1.53 bits per heavy atom. The molecule has 94 valence electrons. The van der Waals surface area contributed by atoms with E-state index < -0.39 is 0 Å². The van der Waals surface area contributed by atoms with Gasteiger partial charge in [-0.2, -0.15) is 0 Å². The Bertz CT molecular complexity index is 397. The fourth-order valence-corrected chi connectivity index (χ4v) is 2.23. The molecule has 1 fully saturated rings. The first-order valence-corrected chi connectivity index (χ1v) is 5.84. The predicted octanol–water partition coefficient (Wildman–Crippen LogP) is 0.278. The van der Waals surface area contributed by atoms with E-state index in [1.54, 1.807) is 0 Å². The average Bonchev–Trinajstić information content (AvgIpc) is 2.33. The Morgan fingerprint density at radius 3 is 2.94 bits per heavy atom. The fraction of sp³-hybridized carbons (Fsp3) is 0.636. The molecule has 17 heavy (non-hydrogen) atoms. The van der Waals surface area contributed by atoms with Gasteiger partial charge in [-0.1, -0.05) is 6.92 Å². The minimum absolute atomic E-state index is 0.208. The summed E-state index contributed by atoms with van der Waals surface area (Å²) in [6.07, 6.45) is 2.07. The van der Waals surface area contributed by atoms with Crippen LogP contribution < -0.4 is 16.2 Å². The van der Waals surface area contributed by atoms with Gasteiger partial charge in [-0.05, 0) is 19.3 Å². The lowest BCUT2D eigenvalue weighted by molar-refractivity contribution is 0.0968. The number of hydrazine groups is 1. The fourth-order valence-electron chi connectivity index (χ4n) is 2.23. The van der Waals surface area contributed by atoms with Crippen LogP contribution in [0.15, 0.2) is 6.33 Å². The molecule has 0 saturated carbocycles. The smallest absolute Gasteiger partial charge is 0.148 e. The summed E-state index contributed by atoms with van der Waals surface area (Å²) < 4.78 is 0. The molecule has 2 rings (SSSR count). The van der Waals surface area contributed by atoms with Gasteiger partial charge in [0, 0.05) is 18.7 Å². The number of aliphatic hydroxyl groups is 1. The third-order valence-electron chi connectivity index (χ3n) is 3.35. The number of nitrogens with zero attached hydrogens (tertiary/aromatic N) is 3. The summed E-state index contributed by atoms with van der Waals surface area (Å²) in [6, 6.07) is 0. The number of nitrogens with two attached hydrogens (primary N) is 1. The third kappa shape index (κ3) is 2.32. The molecule has 0 bridgehead atoms. The number of nitrogen functional groups attached to an aromatic ring is 1. The quantitative estimate of drug-likeness (QED) is 0.506. The maximum Gasteiger partial charge on any atom is 0.148 e. The highest BCUT2D eigenvalue weighted by Gasteiger charge is 2.26. The average molecular weight is 237 g/mol. The summed E-state index contributed by atoms with van der Waals surface area (Å²) >= 11 is 0. The Balaban J connectivity index is 2.23. The highest BCUT2D eigenvalue weighted by Crippen LogP contribution is 2.26. The largest absolute Gasteiger partial charge is 0.393 e. The molecule has 0 amide bonds. The summed E-state index contributed by atoms with van der Waals surface area (Å²) in [7, 11) is 0. The van der Waals surface area contributed by atoms with Crippen LogP contribution in [-0.4, -0.2) is 34.3 Å². The Hall–Kier alpha value is -1.40. The van der Waals surface area contributed by atoms with E-state index in [1.165, 1.54) is 6.33 Å². The second-order valence-corrected chi connectivity index (χ2v) is 4.59. The number of hydrogen-bond donors (Lipinski definition) is 3. The van der Waals surface area contributed by atoms with E-state index in [-0.39, 0.29) is 12.0 Å². The molecule has 1 aromatic heterocycles. The first-order chi connectivity index (χ1) is 8.13. The van der Waals surface area contributed by atoms with Crippen molar-refractivity contribution in [1.29, 1.82) is 0 Å². The highest BCUT2D eigenvalue weighted by molar-refractivity contribution is 5.57. The highest BCUT2D eigenvalue weighted by atomic mass is 16.3. The van der Waals surface area contributed by atoms with Crippen LogP contribution >= 0.6 is 0 Å². The van der Waals surface area contributed by atoms with Crippen molar-refractivity contribution in [2.75, 3.05) is 23.4 Å². The number of rotatable bonds is 2. The molecule has 1 aliphatic rings. The molecule has 2 heterocycles. The van der Waals surface area contributed by atoms with Crippen LogP contribution in [0, 0.1) is 12.8 Å². The molecule has 4 N–H and O–H groups in total. The molecule has 1 saturated heterocycles. The van der Waals surface area contributed by atoms with Crippen molar-refractivity contribution >= 4 is 11.6 Å². The van der Waals surface area contributed by atoms with Crippen molar-refractivity contribution in [2.24, 2.45) is 11.8 Å². The van der Waals surface area contributed by atoms with Crippen molar-refractivity contribution in [3.63, 3.8) is 0 Å². The minimum Gasteiger partial charge on any atom is -0.393 e.